The third-order valence-corrected chi connectivity index (χ3v) is 7.99. The number of carbonyl (C=O) groups excluding carboxylic acids is 2. The zero-order valence-electron chi connectivity index (χ0n) is 20.2. The Labute approximate surface area is 210 Å². The van der Waals surface area contributed by atoms with Crippen molar-refractivity contribution in [2.75, 3.05) is 0 Å². The Hall–Kier alpha value is -4.18. The van der Waals surface area contributed by atoms with E-state index in [1.54, 1.807) is 24.3 Å². The van der Waals surface area contributed by atoms with E-state index < -0.39 is 35.0 Å². The van der Waals surface area contributed by atoms with Crippen LogP contribution in [-0.4, -0.2) is 24.1 Å². The van der Waals surface area contributed by atoms with Crippen LogP contribution in [0, 0.1) is 0 Å². The highest BCUT2D eigenvalue weighted by atomic mass is 16.6. The first kappa shape index (κ1) is 22.3. The van der Waals surface area contributed by atoms with E-state index in [1.807, 2.05) is 60.7 Å². The number of ether oxygens (including phenoxy) is 2. The number of hydrogen-bond acceptors (Lipinski definition) is 4. The summed E-state index contributed by atoms with van der Waals surface area (Å²) in [5, 5.41) is 0. The third kappa shape index (κ3) is 3.07. The lowest BCUT2D eigenvalue weighted by molar-refractivity contribution is -0.0908. The number of fused-ring (bicyclic) bond motifs is 1. The fourth-order valence-corrected chi connectivity index (χ4v) is 6.16. The van der Waals surface area contributed by atoms with Gasteiger partial charge in [-0.15, -0.1) is 0 Å². The summed E-state index contributed by atoms with van der Waals surface area (Å²) in [5.74, 6) is -0.873. The molecule has 0 unspecified atom stereocenters. The quantitative estimate of drug-likeness (QED) is 0.337. The summed E-state index contributed by atoms with van der Waals surface area (Å²) < 4.78 is 12.7. The minimum absolute atomic E-state index is 0.436. The summed E-state index contributed by atoms with van der Waals surface area (Å²) >= 11 is 0. The Morgan fingerprint density at radius 2 is 0.778 bits per heavy atom. The largest absolute Gasteiger partial charge is 0.453 e. The SMILES string of the molecule is CC12c3ccccc3C(C)(c3ccccc31)[C@@H](OC(=O)c1ccccc1)[C@H]2OC(=O)c1ccccc1. The van der Waals surface area contributed by atoms with Crippen molar-refractivity contribution in [2.45, 2.75) is 36.9 Å². The average Bonchev–Trinajstić information content (AvgIpc) is 2.93. The van der Waals surface area contributed by atoms with Crippen molar-refractivity contribution in [2.24, 2.45) is 0 Å². The highest BCUT2D eigenvalue weighted by molar-refractivity contribution is 5.91. The number of hydrogen-bond donors (Lipinski definition) is 0. The molecule has 178 valence electrons. The number of esters is 2. The van der Waals surface area contributed by atoms with Crippen molar-refractivity contribution >= 4 is 11.9 Å². The normalized spacial score (nSPS) is 25.4. The second-order valence-electron chi connectivity index (χ2n) is 9.88. The first-order valence-corrected chi connectivity index (χ1v) is 12.2. The molecule has 0 amide bonds. The molecule has 0 heterocycles. The van der Waals surface area contributed by atoms with Crippen LogP contribution in [0.4, 0.5) is 0 Å². The molecular weight excluding hydrogens is 448 g/mol. The van der Waals surface area contributed by atoms with Gasteiger partial charge in [0.1, 0.15) is 0 Å². The highest BCUT2D eigenvalue weighted by Crippen LogP contribution is 2.60. The van der Waals surface area contributed by atoms with Gasteiger partial charge in [0.15, 0.2) is 12.2 Å². The summed E-state index contributed by atoms with van der Waals surface area (Å²) in [6, 6.07) is 34.3. The van der Waals surface area contributed by atoms with Crippen molar-refractivity contribution in [3.05, 3.63) is 143 Å². The van der Waals surface area contributed by atoms with E-state index in [-0.39, 0.29) is 0 Å². The number of carbonyl (C=O) groups is 2. The van der Waals surface area contributed by atoms with Gasteiger partial charge in [0.05, 0.1) is 22.0 Å². The van der Waals surface area contributed by atoms with Crippen LogP contribution in [0.1, 0.15) is 56.8 Å². The molecular formula is C32H26O4. The van der Waals surface area contributed by atoms with Crippen LogP contribution in [0.3, 0.4) is 0 Å². The Kier molecular flexibility index (Phi) is 5.08. The highest BCUT2D eigenvalue weighted by Gasteiger charge is 2.65. The maximum Gasteiger partial charge on any atom is 0.338 e. The van der Waals surface area contributed by atoms with Crippen LogP contribution >= 0.6 is 0 Å². The molecule has 4 aromatic carbocycles. The van der Waals surface area contributed by atoms with Gasteiger partial charge < -0.3 is 9.47 Å². The summed E-state index contributed by atoms with van der Waals surface area (Å²) in [5.41, 5.74) is 3.85. The second-order valence-corrected chi connectivity index (χ2v) is 9.88. The molecule has 0 aromatic heterocycles. The average molecular weight is 475 g/mol. The monoisotopic (exact) mass is 474 g/mol. The standard InChI is InChI=1S/C32H26O4/c1-31-23-17-9-11-19-25(23)32(2,26-20-12-10-18-24(26)31)28(36-30(34)22-15-7-4-8-16-22)27(31)35-29(33)21-13-5-3-6-14-21/h3-20,27-28H,1-2H3/t27-,28+,31?,32?. The molecule has 0 radical (unpaired) electrons. The maximum atomic E-state index is 13.4. The molecule has 2 bridgehead atoms. The predicted molar refractivity (Wildman–Crippen MR) is 137 cm³/mol. The Balaban J connectivity index is 1.54. The van der Waals surface area contributed by atoms with Gasteiger partial charge in [0.25, 0.3) is 0 Å². The molecule has 3 aliphatic carbocycles. The first-order valence-electron chi connectivity index (χ1n) is 12.2. The van der Waals surface area contributed by atoms with Gasteiger partial charge in [-0.25, -0.2) is 9.59 Å². The van der Waals surface area contributed by atoms with Gasteiger partial charge in [-0.3, -0.25) is 0 Å². The van der Waals surface area contributed by atoms with E-state index in [0.29, 0.717) is 11.1 Å². The van der Waals surface area contributed by atoms with Crippen LogP contribution in [0.25, 0.3) is 0 Å². The van der Waals surface area contributed by atoms with Gasteiger partial charge in [-0.05, 0) is 60.4 Å². The molecule has 4 aromatic rings. The van der Waals surface area contributed by atoms with Gasteiger partial charge in [-0.1, -0.05) is 84.9 Å². The smallest absolute Gasteiger partial charge is 0.338 e. The van der Waals surface area contributed by atoms with Crippen LogP contribution in [0.5, 0.6) is 0 Å². The molecule has 3 aliphatic rings. The van der Waals surface area contributed by atoms with Crippen molar-refractivity contribution < 1.29 is 19.1 Å². The van der Waals surface area contributed by atoms with Crippen LogP contribution in [0.15, 0.2) is 109 Å². The molecule has 2 atom stereocenters. The predicted octanol–water partition coefficient (Wildman–Crippen LogP) is 6.08. The van der Waals surface area contributed by atoms with Gasteiger partial charge in [-0.2, -0.15) is 0 Å². The molecule has 36 heavy (non-hydrogen) atoms. The third-order valence-electron chi connectivity index (χ3n) is 7.99. The zero-order valence-corrected chi connectivity index (χ0v) is 20.2. The molecule has 4 heteroatoms. The lowest BCUT2D eigenvalue weighted by Crippen LogP contribution is -2.66. The van der Waals surface area contributed by atoms with E-state index in [9.17, 15) is 9.59 Å². The number of rotatable bonds is 4. The summed E-state index contributed by atoms with van der Waals surface area (Å²) in [6.07, 6.45) is -1.46. The minimum atomic E-state index is -0.729. The fraction of sp³-hybridized carbons (Fsp3) is 0.188. The summed E-state index contributed by atoms with van der Waals surface area (Å²) in [6.45, 7) is 4.19. The van der Waals surface area contributed by atoms with Gasteiger partial charge in [0.2, 0.25) is 0 Å². The topological polar surface area (TPSA) is 52.6 Å². The molecule has 4 nitrogen and oxygen atoms in total. The fourth-order valence-electron chi connectivity index (χ4n) is 6.16. The minimum Gasteiger partial charge on any atom is -0.453 e. The number of benzene rings is 4. The second kappa shape index (κ2) is 8.20. The van der Waals surface area contributed by atoms with Gasteiger partial charge in [0, 0.05) is 0 Å². The lowest BCUT2D eigenvalue weighted by atomic mass is 9.47. The van der Waals surface area contributed by atoms with Crippen LogP contribution < -0.4 is 0 Å². The van der Waals surface area contributed by atoms with E-state index in [4.69, 9.17) is 9.47 Å². The Bertz CT molecular complexity index is 1300. The maximum absolute atomic E-state index is 13.4. The summed E-state index contributed by atoms with van der Waals surface area (Å²) in [4.78, 5) is 26.8. The van der Waals surface area contributed by atoms with Crippen LogP contribution in [0.2, 0.25) is 0 Å². The molecule has 7 rings (SSSR count). The van der Waals surface area contributed by atoms with Crippen molar-refractivity contribution in [1.82, 2.24) is 0 Å². The molecule has 0 saturated heterocycles. The van der Waals surface area contributed by atoms with Crippen molar-refractivity contribution in [3.8, 4) is 0 Å². The lowest BCUT2D eigenvalue weighted by Gasteiger charge is -2.59. The van der Waals surface area contributed by atoms with Crippen molar-refractivity contribution in [3.63, 3.8) is 0 Å². The zero-order chi connectivity index (χ0) is 24.9. The molecule has 0 fully saturated rings. The van der Waals surface area contributed by atoms with E-state index >= 15 is 0 Å². The van der Waals surface area contributed by atoms with Crippen molar-refractivity contribution in [1.29, 1.82) is 0 Å². The Morgan fingerprint density at radius 3 is 1.08 bits per heavy atom. The molecule has 0 N–H and O–H groups in total. The van der Waals surface area contributed by atoms with E-state index in [2.05, 4.69) is 38.1 Å². The first-order chi connectivity index (χ1) is 17.5. The molecule has 0 aliphatic heterocycles. The molecule has 0 saturated carbocycles. The van der Waals surface area contributed by atoms with Gasteiger partial charge >= 0.3 is 11.9 Å². The van der Waals surface area contributed by atoms with E-state index in [0.717, 1.165) is 22.3 Å². The molecule has 0 spiro atoms. The Morgan fingerprint density at radius 1 is 0.500 bits per heavy atom. The summed E-state index contributed by atoms with van der Waals surface area (Å²) in [7, 11) is 0. The van der Waals surface area contributed by atoms with Crippen LogP contribution in [-0.2, 0) is 20.3 Å². The van der Waals surface area contributed by atoms with E-state index in [1.165, 1.54) is 0 Å².